The molecule has 0 saturated carbocycles. The Morgan fingerprint density at radius 1 is 1.08 bits per heavy atom. The number of benzene rings is 2. The molecular weight excluding hydrogens is 326 g/mol. The molecule has 1 aliphatic rings. The minimum absolute atomic E-state index is 0.00917. The zero-order valence-corrected chi connectivity index (χ0v) is 15.7. The number of carboxylic acids is 1. The number of carbonyl (C=O) groups is 1. The number of nitrogens with zero attached hydrogens (tertiary/aromatic N) is 1. The molecule has 4 heteroatoms. The predicted octanol–water partition coefficient (Wildman–Crippen LogP) is 4.16. The van der Waals surface area contributed by atoms with Gasteiger partial charge < -0.3 is 9.84 Å². The van der Waals surface area contributed by atoms with Crippen LogP contribution in [0, 0.1) is 5.92 Å². The van der Waals surface area contributed by atoms with Gasteiger partial charge in [0, 0.05) is 24.5 Å². The molecule has 1 aliphatic heterocycles. The summed E-state index contributed by atoms with van der Waals surface area (Å²) in [5.41, 5.74) is 2.16. The predicted molar refractivity (Wildman–Crippen MR) is 102 cm³/mol. The van der Waals surface area contributed by atoms with Crippen LogP contribution >= 0.6 is 0 Å². The molecule has 0 unspecified atom stereocenters. The van der Waals surface area contributed by atoms with Crippen LogP contribution in [0.15, 0.2) is 54.6 Å². The molecule has 2 aromatic carbocycles. The summed E-state index contributed by atoms with van der Waals surface area (Å²) in [6, 6.07) is 17.9. The van der Waals surface area contributed by atoms with Crippen molar-refractivity contribution in [1.29, 1.82) is 0 Å². The molecule has 0 aliphatic carbocycles. The molecule has 0 aromatic heterocycles. The first kappa shape index (κ1) is 18.5. The number of carboxylic acid groups (broad SMARTS) is 1. The molecule has 2 atom stereocenters. The average Bonchev–Trinajstić information content (AvgIpc) is 3.07. The van der Waals surface area contributed by atoms with Gasteiger partial charge in [-0.1, -0.05) is 42.5 Å². The van der Waals surface area contributed by atoms with E-state index >= 15 is 0 Å². The third kappa shape index (κ3) is 4.25. The summed E-state index contributed by atoms with van der Waals surface area (Å²) in [5, 5.41) is 9.64. The second-order valence-electron chi connectivity index (χ2n) is 7.97. The second kappa shape index (κ2) is 7.50. The summed E-state index contributed by atoms with van der Waals surface area (Å²) in [4.78, 5) is 14.0. The van der Waals surface area contributed by atoms with E-state index in [1.54, 1.807) is 0 Å². The third-order valence-corrected chi connectivity index (χ3v) is 5.14. The molecule has 1 heterocycles. The SMILES string of the molecule is CC(C)(C)N1C[C@H](C(=O)O)[C@@H](c2ccc(OCc3ccccc3)cc2)C1. The fraction of sp³-hybridized carbons (Fsp3) is 0.409. The van der Waals surface area contributed by atoms with Crippen LogP contribution in [0.25, 0.3) is 0 Å². The first-order chi connectivity index (χ1) is 12.3. The zero-order valence-electron chi connectivity index (χ0n) is 15.7. The van der Waals surface area contributed by atoms with E-state index in [9.17, 15) is 9.90 Å². The van der Waals surface area contributed by atoms with Crippen LogP contribution < -0.4 is 4.74 Å². The first-order valence-electron chi connectivity index (χ1n) is 9.09. The van der Waals surface area contributed by atoms with Crippen molar-refractivity contribution < 1.29 is 14.6 Å². The Balaban J connectivity index is 1.69. The fourth-order valence-corrected chi connectivity index (χ4v) is 3.49. The Kier molecular flexibility index (Phi) is 5.33. The van der Waals surface area contributed by atoms with Crippen molar-refractivity contribution in [2.24, 2.45) is 5.92 Å². The molecule has 1 N–H and O–H groups in total. The molecule has 2 aromatic rings. The normalized spacial score (nSPS) is 20.9. The molecule has 1 fully saturated rings. The Hall–Kier alpha value is -2.33. The Bertz CT molecular complexity index is 734. The Morgan fingerprint density at radius 3 is 2.31 bits per heavy atom. The molecule has 0 radical (unpaired) electrons. The smallest absolute Gasteiger partial charge is 0.308 e. The minimum atomic E-state index is -0.717. The van der Waals surface area contributed by atoms with E-state index in [0.29, 0.717) is 13.2 Å². The van der Waals surface area contributed by atoms with Gasteiger partial charge in [0.25, 0.3) is 0 Å². The summed E-state index contributed by atoms with van der Waals surface area (Å²) in [7, 11) is 0. The molecule has 0 spiro atoms. The number of hydrogen-bond donors (Lipinski definition) is 1. The number of rotatable bonds is 5. The third-order valence-electron chi connectivity index (χ3n) is 5.14. The molecule has 1 saturated heterocycles. The topological polar surface area (TPSA) is 49.8 Å². The number of ether oxygens (including phenoxy) is 1. The lowest BCUT2D eigenvalue weighted by molar-refractivity contribution is -0.141. The largest absolute Gasteiger partial charge is 0.489 e. The summed E-state index contributed by atoms with van der Waals surface area (Å²) in [6.45, 7) is 8.29. The quantitative estimate of drug-likeness (QED) is 0.877. The van der Waals surface area contributed by atoms with E-state index in [0.717, 1.165) is 23.4 Å². The number of hydrogen-bond acceptors (Lipinski definition) is 3. The van der Waals surface area contributed by atoms with Gasteiger partial charge in [-0.05, 0) is 44.0 Å². The standard InChI is InChI=1S/C22H27NO3/c1-22(2,3)23-13-19(20(14-23)21(24)25)17-9-11-18(12-10-17)26-15-16-7-5-4-6-8-16/h4-12,19-20H,13-15H2,1-3H3,(H,24,25)/t19-,20+/m1/s1. The molecule has 26 heavy (non-hydrogen) atoms. The monoisotopic (exact) mass is 353 g/mol. The first-order valence-corrected chi connectivity index (χ1v) is 9.09. The lowest BCUT2D eigenvalue weighted by Crippen LogP contribution is -2.40. The van der Waals surface area contributed by atoms with Crippen LogP contribution in [-0.4, -0.2) is 34.6 Å². The van der Waals surface area contributed by atoms with E-state index in [1.165, 1.54) is 0 Å². The lowest BCUT2D eigenvalue weighted by atomic mass is 9.89. The van der Waals surface area contributed by atoms with Crippen LogP contribution in [0.4, 0.5) is 0 Å². The van der Waals surface area contributed by atoms with Crippen LogP contribution in [0.3, 0.4) is 0 Å². The van der Waals surface area contributed by atoms with Gasteiger partial charge >= 0.3 is 5.97 Å². The molecule has 138 valence electrons. The van der Waals surface area contributed by atoms with E-state index in [4.69, 9.17) is 4.74 Å². The average molecular weight is 353 g/mol. The van der Waals surface area contributed by atoms with Gasteiger partial charge in [0.15, 0.2) is 0 Å². The summed E-state index contributed by atoms with van der Waals surface area (Å²) in [5.74, 6) is -0.276. The van der Waals surface area contributed by atoms with Crippen molar-refractivity contribution in [3.05, 3.63) is 65.7 Å². The van der Waals surface area contributed by atoms with Gasteiger partial charge in [-0.3, -0.25) is 9.69 Å². The second-order valence-corrected chi connectivity index (χ2v) is 7.97. The summed E-state index contributed by atoms with van der Waals surface area (Å²) in [6.07, 6.45) is 0. The molecule has 0 amide bonds. The maximum atomic E-state index is 11.7. The van der Waals surface area contributed by atoms with Crippen LogP contribution in [0.1, 0.15) is 37.8 Å². The summed E-state index contributed by atoms with van der Waals surface area (Å²) >= 11 is 0. The molecule has 4 nitrogen and oxygen atoms in total. The Morgan fingerprint density at radius 2 is 1.73 bits per heavy atom. The van der Waals surface area contributed by atoms with Crippen LogP contribution in [-0.2, 0) is 11.4 Å². The highest BCUT2D eigenvalue weighted by atomic mass is 16.5. The van der Waals surface area contributed by atoms with Gasteiger partial charge in [-0.15, -0.1) is 0 Å². The fourth-order valence-electron chi connectivity index (χ4n) is 3.49. The van der Waals surface area contributed by atoms with Crippen LogP contribution in [0.5, 0.6) is 5.75 Å². The molecular formula is C22H27NO3. The highest BCUT2D eigenvalue weighted by Gasteiger charge is 2.41. The Labute approximate surface area is 155 Å². The van der Waals surface area contributed by atoms with Gasteiger partial charge in [0.1, 0.15) is 12.4 Å². The number of likely N-dealkylation sites (tertiary alicyclic amines) is 1. The maximum Gasteiger partial charge on any atom is 0.308 e. The summed E-state index contributed by atoms with van der Waals surface area (Å²) < 4.78 is 5.83. The van der Waals surface area contributed by atoms with Crippen molar-refractivity contribution in [3.63, 3.8) is 0 Å². The van der Waals surface area contributed by atoms with Gasteiger partial charge in [-0.25, -0.2) is 0 Å². The highest BCUT2D eigenvalue weighted by molar-refractivity contribution is 5.72. The van der Waals surface area contributed by atoms with E-state index in [-0.39, 0.29) is 17.4 Å². The lowest BCUT2D eigenvalue weighted by Gasteiger charge is -2.31. The van der Waals surface area contributed by atoms with E-state index in [1.807, 2.05) is 54.6 Å². The van der Waals surface area contributed by atoms with Gasteiger partial charge in [-0.2, -0.15) is 0 Å². The van der Waals surface area contributed by atoms with Crippen molar-refractivity contribution in [2.75, 3.05) is 13.1 Å². The molecule has 0 bridgehead atoms. The van der Waals surface area contributed by atoms with Crippen molar-refractivity contribution in [2.45, 2.75) is 38.8 Å². The van der Waals surface area contributed by atoms with Crippen LogP contribution in [0.2, 0.25) is 0 Å². The van der Waals surface area contributed by atoms with Gasteiger partial charge in [0.05, 0.1) is 5.92 Å². The van der Waals surface area contributed by atoms with Crippen molar-refractivity contribution >= 4 is 5.97 Å². The van der Waals surface area contributed by atoms with Crippen molar-refractivity contribution in [1.82, 2.24) is 4.90 Å². The zero-order chi connectivity index (χ0) is 18.7. The van der Waals surface area contributed by atoms with E-state index < -0.39 is 5.97 Å². The maximum absolute atomic E-state index is 11.7. The van der Waals surface area contributed by atoms with Gasteiger partial charge in [0.2, 0.25) is 0 Å². The molecule has 3 rings (SSSR count). The van der Waals surface area contributed by atoms with Crippen molar-refractivity contribution in [3.8, 4) is 5.75 Å². The number of aliphatic carboxylic acids is 1. The minimum Gasteiger partial charge on any atom is -0.489 e. The highest BCUT2D eigenvalue weighted by Crippen LogP contribution is 2.36. The van der Waals surface area contributed by atoms with E-state index in [2.05, 4.69) is 25.7 Å².